The Bertz CT molecular complexity index is 712. The zero-order chi connectivity index (χ0) is 16.4. The first-order chi connectivity index (χ1) is 11.1. The van der Waals surface area contributed by atoms with Crippen molar-refractivity contribution in [2.75, 3.05) is 12.0 Å². The Kier molecular flexibility index (Phi) is 4.02. The number of carbonyl (C=O) groups excluding carboxylic acids is 2. The van der Waals surface area contributed by atoms with E-state index < -0.39 is 12.1 Å². The standard InChI is InChI=1S/C18H17NO4/c1-12(20)16-17(23-15-6-4-3-5-7-15)18(21)19(16)13-8-10-14(22-2)11-9-13/h3-11,16-17H,1-2H3/t16-,17+/m1/s1. The van der Waals surface area contributed by atoms with Crippen LogP contribution in [0, 0.1) is 0 Å². The Morgan fingerprint density at radius 1 is 1.00 bits per heavy atom. The van der Waals surface area contributed by atoms with Gasteiger partial charge in [0.05, 0.1) is 7.11 Å². The molecule has 0 bridgehead atoms. The summed E-state index contributed by atoms with van der Waals surface area (Å²) in [6, 6.07) is 15.4. The van der Waals surface area contributed by atoms with Gasteiger partial charge < -0.3 is 9.47 Å². The Morgan fingerprint density at radius 2 is 1.65 bits per heavy atom. The molecular weight excluding hydrogens is 294 g/mol. The van der Waals surface area contributed by atoms with Crippen molar-refractivity contribution in [3.63, 3.8) is 0 Å². The number of amides is 1. The van der Waals surface area contributed by atoms with Crippen LogP contribution < -0.4 is 14.4 Å². The molecule has 1 amide bonds. The molecule has 0 aromatic heterocycles. The number of anilines is 1. The quantitative estimate of drug-likeness (QED) is 0.796. The Balaban J connectivity index is 1.82. The van der Waals surface area contributed by atoms with Gasteiger partial charge in [-0.2, -0.15) is 0 Å². The molecule has 1 fully saturated rings. The van der Waals surface area contributed by atoms with Gasteiger partial charge in [-0.1, -0.05) is 18.2 Å². The number of ketones is 1. The molecule has 118 valence electrons. The number of para-hydroxylation sites is 1. The van der Waals surface area contributed by atoms with E-state index in [-0.39, 0.29) is 11.7 Å². The summed E-state index contributed by atoms with van der Waals surface area (Å²) >= 11 is 0. The number of methoxy groups -OCH3 is 1. The summed E-state index contributed by atoms with van der Waals surface area (Å²) in [7, 11) is 1.58. The maximum atomic E-state index is 12.5. The third kappa shape index (κ3) is 2.77. The second kappa shape index (κ2) is 6.12. The lowest BCUT2D eigenvalue weighted by molar-refractivity contribution is -0.141. The molecule has 1 aliphatic heterocycles. The average molecular weight is 311 g/mol. The van der Waals surface area contributed by atoms with Crippen molar-refractivity contribution < 1.29 is 19.1 Å². The highest BCUT2D eigenvalue weighted by Gasteiger charge is 2.52. The predicted molar refractivity (Wildman–Crippen MR) is 85.8 cm³/mol. The third-order valence-corrected chi connectivity index (χ3v) is 3.82. The van der Waals surface area contributed by atoms with Crippen LogP contribution in [0.1, 0.15) is 6.92 Å². The van der Waals surface area contributed by atoms with Crippen LogP contribution in [-0.4, -0.2) is 30.9 Å². The number of Topliss-reactive ketones (excluding diaryl/α,β-unsaturated/α-hetero) is 1. The van der Waals surface area contributed by atoms with Gasteiger partial charge in [-0.05, 0) is 43.3 Å². The smallest absolute Gasteiger partial charge is 0.271 e. The molecule has 2 aromatic rings. The zero-order valence-corrected chi connectivity index (χ0v) is 12.9. The lowest BCUT2D eigenvalue weighted by atomic mass is 9.93. The average Bonchev–Trinajstić information content (AvgIpc) is 2.58. The molecule has 2 aromatic carbocycles. The zero-order valence-electron chi connectivity index (χ0n) is 12.9. The van der Waals surface area contributed by atoms with Gasteiger partial charge >= 0.3 is 0 Å². The molecule has 0 aliphatic carbocycles. The second-order valence-corrected chi connectivity index (χ2v) is 5.31. The molecule has 0 spiro atoms. The number of hydrogen-bond donors (Lipinski definition) is 0. The number of nitrogens with zero attached hydrogens (tertiary/aromatic N) is 1. The molecular formula is C18H17NO4. The minimum atomic E-state index is -0.781. The van der Waals surface area contributed by atoms with Crippen molar-refractivity contribution in [2.45, 2.75) is 19.1 Å². The van der Waals surface area contributed by atoms with Gasteiger partial charge in [-0.15, -0.1) is 0 Å². The van der Waals surface area contributed by atoms with E-state index in [9.17, 15) is 9.59 Å². The highest BCUT2D eigenvalue weighted by molar-refractivity contribution is 6.13. The maximum Gasteiger partial charge on any atom is 0.271 e. The third-order valence-electron chi connectivity index (χ3n) is 3.82. The lowest BCUT2D eigenvalue weighted by Gasteiger charge is -2.45. The highest BCUT2D eigenvalue weighted by Crippen LogP contribution is 2.32. The number of ether oxygens (including phenoxy) is 2. The van der Waals surface area contributed by atoms with Crippen LogP contribution in [0.5, 0.6) is 11.5 Å². The van der Waals surface area contributed by atoms with E-state index in [0.717, 1.165) is 0 Å². The number of benzene rings is 2. The monoisotopic (exact) mass is 311 g/mol. The Morgan fingerprint density at radius 3 is 2.22 bits per heavy atom. The predicted octanol–water partition coefficient (Wildman–Crippen LogP) is 2.45. The lowest BCUT2D eigenvalue weighted by Crippen LogP contribution is -2.70. The number of β-lactam (4-membered cyclic amide) rings is 1. The summed E-state index contributed by atoms with van der Waals surface area (Å²) in [6.45, 7) is 1.47. The minimum absolute atomic E-state index is 0.110. The summed E-state index contributed by atoms with van der Waals surface area (Å²) in [4.78, 5) is 25.9. The molecule has 3 rings (SSSR count). The van der Waals surface area contributed by atoms with E-state index in [1.807, 2.05) is 18.2 Å². The van der Waals surface area contributed by atoms with Crippen molar-refractivity contribution in [1.29, 1.82) is 0 Å². The van der Waals surface area contributed by atoms with E-state index in [1.54, 1.807) is 43.5 Å². The summed E-state index contributed by atoms with van der Waals surface area (Å²) in [5, 5.41) is 0. The number of carbonyl (C=O) groups is 2. The summed E-state index contributed by atoms with van der Waals surface area (Å²) < 4.78 is 10.8. The molecule has 0 radical (unpaired) electrons. The normalized spacial score (nSPS) is 19.9. The van der Waals surface area contributed by atoms with Crippen LogP contribution in [0.2, 0.25) is 0 Å². The van der Waals surface area contributed by atoms with Crippen molar-refractivity contribution in [1.82, 2.24) is 0 Å². The molecule has 1 heterocycles. The first-order valence-corrected chi connectivity index (χ1v) is 7.31. The van der Waals surface area contributed by atoms with Crippen LogP contribution >= 0.6 is 0 Å². The molecule has 2 atom stereocenters. The van der Waals surface area contributed by atoms with Crippen LogP contribution in [-0.2, 0) is 9.59 Å². The van der Waals surface area contributed by atoms with Gasteiger partial charge in [-0.3, -0.25) is 14.5 Å². The van der Waals surface area contributed by atoms with E-state index in [2.05, 4.69) is 0 Å². The molecule has 0 unspecified atom stereocenters. The van der Waals surface area contributed by atoms with Crippen LogP contribution in [0.15, 0.2) is 54.6 Å². The van der Waals surface area contributed by atoms with Gasteiger partial charge in [0.2, 0.25) is 6.10 Å². The fourth-order valence-electron chi connectivity index (χ4n) is 2.65. The van der Waals surface area contributed by atoms with Crippen molar-refractivity contribution in [3.8, 4) is 11.5 Å². The summed E-state index contributed by atoms with van der Waals surface area (Å²) in [6.07, 6.45) is -0.781. The van der Waals surface area contributed by atoms with Crippen molar-refractivity contribution in [2.24, 2.45) is 0 Å². The molecule has 0 saturated carbocycles. The molecule has 1 aliphatic rings. The van der Waals surface area contributed by atoms with E-state index >= 15 is 0 Å². The fourth-order valence-corrected chi connectivity index (χ4v) is 2.65. The maximum absolute atomic E-state index is 12.5. The number of hydrogen-bond acceptors (Lipinski definition) is 4. The Hall–Kier alpha value is -2.82. The molecule has 0 N–H and O–H groups in total. The molecule has 23 heavy (non-hydrogen) atoms. The van der Waals surface area contributed by atoms with Crippen molar-refractivity contribution in [3.05, 3.63) is 54.6 Å². The van der Waals surface area contributed by atoms with Crippen molar-refractivity contribution >= 4 is 17.4 Å². The second-order valence-electron chi connectivity index (χ2n) is 5.31. The van der Waals surface area contributed by atoms with Gasteiger partial charge in [0.25, 0.3) is 5.91 Å². The molecule has 5 nitrogen and oxygen atoms in total. The largest absolute Gasteiger partial charge is 0.497 e. The van der Waals surface area contributed by atoms with Gasteiger partial charge in [-0.25, -0.2) is 0 Å². The van der Waals surface area contributed by atoms with Crippen LogP contribution in [0.3, 0.4) is 0 Å². The van der Waals surface area contributed by atoms with Gasteiger partial charge in [0.1, 0.15) is 17.5 Å². The topological polar surface area (TPSA) is 55.8 Å². The Labute approximate surface area is 134 Å². The number of rotatable bonds is 5. The SMILES string of the molecule is COc1ccc(N2C(=O)[C@@H](Oc3ccccc3)[C@H]2C(C)=O)cc1. The van der Waals surface area contributed by atoms with Crippen LogP contribution in [0.4, 0.5) is 5.69 Å². The van der Waals surface area contributed by atoms with Gasteiger partial charge in [0.15, 0.2) is 5.78 Å². The first-order valence-electron chi connectivity index (χ1n) is 7.31. The summed E-state index contributed by atoms with van der Waals surface area (Å²) in [5.74, 6) is 0.935. The first kappa shape index (κ1) is 15.1. The fraction of sp³-hybridized carbons (Fsp3) is 0.222. The van der Waals surface area contributed by atoms with E-state index in [0.29, 0.717) is 17.2 Å². The van der Waals surface area contributed by atoms with E-state index in [4.69, 9.17) is 9.47 Å². The highest BCUT2D eigenvalue weighted by atomic mass is 16.5. The minimum Gasteiger partial charge on any atom is -0.497 e. The summed E-state index contributed by atoms with van der Waals surface area (Å²) in [5.41, 5.74) is 0.656. The van der Waals surface area contributed by atoms with Crippen LogP contribution in [0.25, 0.3) is 0 Å². The van der Waals surface area contributed by atoms with Gasteiger partial charge in [0, 0.05) is 5.69 Å². The molecule has 1 saturated heterocycles. The van der Waals surface area contributed by atoms with E-state index in [1.165, 1.54) is 11.8 Å². The molecule has 5 heteroatoms.